The molecule has 0 aromatic carbocycles. The van der Waals surface area contributed by atoms with Crippen LogP contribution in [0.3, 0.4) is 0 Å². The molecule has 2 N–H and O–H groups in total. The van der Waals surface area contributed by atoms with E-state index >= 15 is 0 Å². The number of nitrogens with two attached hydrogens (primary N) is 1. The molecule has 0 bridgehead atoms. The topological polar surface area (TPSA) is 98.3 Å². The van der Waals surface area contributed by atoms with Crippen LogP contribution in [0, 0.1) is 18.3 Å². The van der Waals surface area contributed by atoms with E-state index in [1.807, 2.05) is 13.0 Å². The lowest BCUT2D eigenvalue weighted by atomic mass is 10.2. The summed E-state index contributed by atoms with van der Waals surface area (Å²) in [6.07, 6.45) is 1.50. The monoisotopic (exact) mass is 217 g/mol. The number of aryl methyl sites for hydroxylation is 2. The molecule has 7 nitrogen and oxygen atoms in total. The van der Waals surface area contributed by atoms with E-state index in [-0.39, 0.29) is 5.82 Å². The van der Waals surface area contributed by atoms with E-state index in [1.54, 1.807) is 16.4 Å². The molecule has 0 spiro atoms. The zero-order valence-corrected chi connectivity index (χ0v) is 9.05. The van der Waals surface area contributed by atoms with Gasteiger partial charge in [0, 0.05) is 12.6 Å². The fourth-order valence-corrected chi connectivity index (χ4v) is 1.50. The van der Waals surface area contributed by atoms with Gasteiger partial charge in [-0.3, -0.25) is 4.68 Å². The molecule has 0 amide bonds. The molecule has 0 saturated heterocycles. The number of nitriles is 1. The number of hydrogen-bond acceptors (Lipinski definition) is 5. The summed E-state index contributed by atoms with van der Waals surface area (Å²) in [5.41, 5.74) is 7.62. The minimum Gasteiger partial charge on any atom is -0.384 e. The molecule has 2 aromatic rings. The van der Waals surface area contributed by atoms with Crippen molar-refractivity contribution in [3.8, 4) is 6.07 Å². The van der Waals surface area contributed by atoms with Crippen LogP contribution in [0.4, 0.5) is 5.82 Å². The van der Waals surface area contributed by atoms with Crippen LogP contribution in [0.5, 0.6) is 0 Å². The summed E-state index contributed by atoms with van der Waals surface area (Å²) < 4.78 is 3.19. The van der Waals surface area contributed by atoms with Crippen molar-refractivity contribution in [2.75, 3.05) is 5.73 Å². The van der Waals surface area contributed by atoms with Gasteiger partial charge in [-0.2, -0.15) is 10.4 Å². The lowest BCUT2D eigenvalue weighted by Gasteiger charge is -2.00. The average Bonchev–Trinajstić information content (AvgIpc) is 2.80. The smallest absolute Gasteiger partial charge is 0.252 e. The maximum atomic E-state index is 8.60. The molecule has 2 aromatic heterocycles. The van der Waals surface area contributed by atoms with Crippen molar-refractivity contribution in [1.29, 1.82) is 5.26 Å². The third kappa shape index (κ3) is 1.61. The van der Waals surface area contributed by atoms with Crippen LogP contribution in [0.25, 0.3) is 0 Å². The third-order valence-electron chi connectivity index (χ3n) is 2.35. The lowest BCUT2D eigenvalue weighted by Crippen LogP contribution is -2.05. The Bertz CT molecular complexity index is 557. The van der Waals surface area contributed by atoms with E-state index in [4.69, 9.17) is 11.0 Å². The molecular formula is C9H11N7. The standard InChI is InChI=1S/C9H11N7/c1-6-7(9(11)15(2)13-6)4-16-5-12-8(3-10)14-16/h5H,4,11H2,1-2H3. The first-order valence-corrected chi connectivity index (χ1v) is 4.69. The van der Waals surface area contributed by atoms with Gasteiger partial charge in [-0.15, -0.1) is 5.10 Å². The first-order chi connectivity index (χ1) is 7.61. The highest BCUT2D eigenvalue weighted by atomic mass is 15.3. The predicted octanol–water partition coefficient (Wildman–Crippen LogP) is -0.178. The Morgan fingerprint density at radius 2 is 2.25 bits per heavy atom. The summed E-state index contributed by atoms with van der Waals surface area (Å²) in [6, 6.07) is 1.87. The number of nitrogen functional groups attached to an aromatic ring is 1. The molecule has 0 atom stereocenters. The quantitative estimate of drug-likeness (QED) is 0.752. The minimum absolute atomic E-state index is 0.153. The van der Waals surface area contributed by atoms with E-state index in [9.17, 15) is 0 Å². The number of anilines is 1. The van der Waals surface area contributed by atoms with Crippen molar-refractivity contribution in [1.82, 2.24) is 24.5 Å². The molecule has 0 aliphatic heterocycles. The Labute approximate surface area is 92.1 Å². The SMILES string of the molecule is Cc1nn(C)c(N)c1Cn1cnc(C#N)n1. The van der Waals surface area contributed by atoms with Crippen LogP contribution < -0.4 is 5.73 Å². The first-order valence-electron chi connectivity index (χ1n) is 4.69. The van der Waals surface area contributed by atoms with Crippen LogP contribution in [0.2, 0.25) is 0 Å². The van der Waals surface area contributed by atoms with E-state index in [1.165, 1.54) is 6.33 Å². The van der Waals surface area contributed by atoms with E-state index in [2.05, 4.69) is 15.2 Å². The molecule has 0 saturated carbocycles. The fourth-order valence-electron chi connectivity index (χ4n) is 1.50. The predicted molar refractivity (Wildman–Crippen MR) is 56.2 cm³/mol. The van der Waals surface area contributed by atoms with Gasteiger partial charge in [0.25, 0.3) is 5.82 Å². The Morgan fingerprint density at radius 3 is 2.75 bits per heavy atom. The second kappa shape index (κ2) is 3.66. The molecule has 0 unspecified atom stereocenters. The van der Waals surface area contributed by atoms with Gasteiger partial charge in [0.1, 0.15) is 18.2 Å². The molecule has 0 aliphatic carbocycles. The van der Waals surface area contributed by atoms with Gasteiger partial charge < -0.3 is 5.73 Å². The lowest BCUT2D eigenvalue weighted by molar-refractivity contribution is 0.681. The average molecular weight is 217 g/mol. The highest BCUT2D eigenvalue weighted by molar-refractivity contribution is 5.42. The summed E-state index contributed by atoms with van der Waals surface area (Å²) in [5, 5.41) is 16.8. The maximum absolute atomic E-state index is 8.60. The van der Waals surface area contributed by atoms with Gasteiger partial charge in [-0.05, 0) is 6.92 Å². The van der Waals surface area contributed by atoms with Gasteiger partial charge in [0.15, 0.2) is 0 Å². The molecule has 2 heterocycles. The van der Waals surface area contributed by atoms with Crippen LogP contribution >= 0.6 is 0 Å². The van der Waals surface area contributed by atoms with Gasteiger partial charge in [-0.1, -0.05) is 0 Å². The van der Waals surface area contributed by atoms with Crippen LogP contribution in [-0.2, 0) is 13.6 Å². The van der Waals surface area contributed by atoms with E-state index in [0.717, 1.165) is 11.3 Å². The number of aromatic nitrogens is 5. The Hall–Kier alpha value is -2.36. The third-order valence-corrected chi connectivity index (χ3v) is 2.35. The van der Waals surface area contributed by atoms with Gasteiger partial charge >= 0.3 is 0 Å². The van der Waals surface area contributed by atoms with Gasteiger partial charge in [0.2, 0.25) is 0 Å². The maximum Gasteiger partial charge on any atom is 0.252 e. The highest BCUT2D eigenvalue weighted by Crippen LogP contribution is 2.15. The fraction of sp³-hybridized carbons (Fsp3) is 0.333. The molecule has 0 aliphatic rings. The molecule has 2 rings (SSSR count). The second-order valence-corrected chi connectivity index (χ2v) is 3.45. The Balaban J connectivity index is 2.30. The molecule has 16 heavy (non-hydrogen) atoms. The number of nitrogens with zero attached hydrogens (tertiary/aromatic N) is 6. The largest absolute Gasteiger partial charge is 0.384 e. The molecular weight excluding hydrogens is 206 g/mol. The van der Waals surface area contributed by atoms with Crippen LogP contribution in [0.1, 0.15) is 17.1 Å². The normalized spacial score (nSPS) is 10.3. The number of hydrogen-bond donors (Lipinski definition) is 1. The van der Waals surface area contributed by atoms with Crippen molar-refractivity contribution in [2.24, 2.45) is 7.05 Å². The van der Waals surface area contributed by atoms with Crippen molar-refractivity contribution in [2.45, 2.75) is 13.5 Å². The summed E-state index contributed by atoms with van der Waals surface area (Å²) in [6.45, 7) is 2.36. The summed E-state index contributed by atoms with van der Waals surface area (Å²) in [5.74, 6) is 0.756. The molecule has 7 heteroatoms. The second-order valence-electron chi connectivity index (χ2n) is 3.45. The van der Waals surface area contributed by atoms with Crippen molar-refractivity contribution < 1.29 is 0 Å². The Kier molecular flexibility index (Phi) is 2.32. The van der Waals surface area contributed by atoms with E-state index < -0.39 is 0 Å². The summed E-state index contributed by atoms with van der Waals surface area (Å²) in [7, 11) is 1.79. The van der Waals surface area contributed by atoms with Crippen molar-refractivity contribution >= 4 is 5.82 Å². The zero-order valence-electron chi connectivity index (χ0n) is 9.05. The summed E-state index contributed by atoms with van der Waals surface area (Å²) >= 11 is 0. The Morgan fingerprint density at radius 1 is 1.50 bits per heavy atom. The van der Waals surface area contributed by atoms with Gasteiger partial charge in [0.05, 0.1) is 12.2 Å². The molecule has 0 fully saturated rings. The van der Waals surface area contributed by atoms with E-state index in [0.29, 0.717) is 12.4 Å². The summed E-state index contributed by atoms with van der Waals surface area (Å²) in [4.78, 5) is 3.82. The first kappa shape index (κ1) is 10.2. The van der Waals surface area contributed by atoms with Crippen molar-refractivity contribution in [3.63, 3.8) is 0 Å². The zero-order chi connectivity index (χ0) is 11.7. The highest BCUT2D eigenvalue weighted by Gasteiger charge is 2.11. The molecule has 0 radical (unpaired) electrons. The van der Waals surface area contributed by atoms with Gasteiger partial charge in [-0.25, -0.2) is 9.67 Å². The molecule has 82 valence electrons. The minimum atomic E-state index is 0.153. The van der Waals surface area contributed by atoms with Crippen LogP contribution in [0.15, 0.2) is 6.33 Å². The van der Waals surface area contributed by atoms with Crippen molar-refractivity contribution in [3.05, 3.63) is 23.4 Å². The van der Waals surface area contributed by atoms with Crippen LogP contribution in [-0.4, -0.2) is 24.5 Å². The number of rotatable bonds is 2.